The maximum absolute atomic E-state index is 14.6. The summed E-state index contributed by atoms with van der Waals surface area (Å²) in [4.78, 5) is 27.3. The average Bonchev–Trinajstić information content (AvgIpc) is 3.78. The van der Waals surface area contributed by atoms with Crippen LogP contribution in [0.15, 0.2) is 35.5 Å². The monoisotopic (exact) mass is 1160 g/mol. The van der Waals surface area contributed by atoms with Gasteiger partial charge in [-0.15, -0.1) is 0 Å². The van der Waals surface area contributed by atoms with E-state index in [1.165, 1.54) is 14.0 Å². The predicted molar refractivity (Wildman–Crippen MR) is 271 cm³/mol. The zero-order valence-corrected chi connectivity index (χ0v) is 47.4. The van der Waals surface area contributed by atoms with Gasteiger partial charge in [-0.1, -0.05) is 57.1 Å². The van der Waals surface area contributed by atoms with Gasteiger partial charge in [0.05, 0.1) is 43.9 Å². The van der Waals surface area contributed by atoms with E-state index in [0.717, 1.165) is 11.1 Å². The number of carbonyl (C=O) groups is 2. The molecule has 1 spiro atoms. The molecule has 5 saturated heterocycles. The molecule has 26 heteroatoms. The Morgan fingerprint density at radius 2 is 1.40 bits per heavy atom. The van der Waals surface area contributed by atoms with Crippen molar-refractivity contribution in [2.75, 3.05) is 33.5 Å². The normalized spacial score (nSPS) is 49.2. The van der Waals surface area contributed by atoms with E-state index in [0.29, 0.717) is 38.5 Å². The van der Waals surface area contributed by atoms with E-state index in [-0.39, 0.29) is 23.2 Å². The molecule has 0 aromatic carbocycles. The molecule has 5 aliphatic heterocycles. The molecule has 26 atom stereocenters. The molecule has 4 aliphatic carbocycles. The van der Waals surface area contributed by atoms with Crippen LogP contribution in [-0.4, -0.2) is 222 Å². The van der Waals surface area contributed by atoms with E-state index < -0.39 is 187 Å². The number of methoxy groups -OCH3 is 1. The van der Waals surface area contributed by atoms with Crippen LogP contribution in [0.3, 0.4) is 0 Å². The second-order valence-electron chi connectivity index (χ2n) is 24.8. The third-order valence-electron chi connectivity index (χ3n) is 19.4. The van der Waals surface area contributed by atoms with E-state index in [1.54, 1.807) is 0 Å². The summed E-state index contributed by atoms with van der Waals surface area (Å²) in [7, 11) is -3.95. The lowest BCUT2D eigenvalue weighted by Crippen LogP contribution is -2.64. The smallest absolute Gasteiger partial charge is 0.397 e. The quantitative estimate of drug-likeness (QED) is 0.0451. The van der Waals surface area contributed by atoms with Gasteiger partial charge < -0.3 is 93.0 Å². The molecule has 25 nitrogen and oxygen atoms in total. The summed E-state index contributed by atoms with van der Waals surface area (Å²) < 4.78 is 103. The molecular formula is C54H82O25S. The highest BCUT2D eigenvalue weighted by Gasteiger charge is 2.79. The molecule has 0 aromatic heterocycles. The Kier molecular flexibility index (Phi) is 17.8. The Bertz CT molecular complexity index is 2470. The molecule has 454 valence electrons. The van der Waals surface area contributed by atoms with Gasteiger partial charge in [-0.25, -0.2) is 4.18 Å². The van der Waals surface area contributed by atoms with Crippen molar-refractivity contribution in [1.29, 1.82) is 0 Å². The van der Waals surface area contributed by atoms with Gasteiger partial charge in [-0.05, 0) is 88.0 Å². The molecular weight excluding hydrogens is 1080 g/mol. The van der Waals surface area contributed by atoms with Gasteiger partial charge in [0.1, 0.15) is 91.1 Å². The summed E-state index contributed by atoms with van der Waals surface area (Å²) in [5.74, 6) is -1.14. The van der Waals surface area contributed by atoms with Gasteiger partial charge in [0.25, 0.3) is 0 Å². The number of carbonyl (C=O) groups excluding carboxylic acids is 2. The Morgan fingerprint density at radius 1 is 0.750 bits per heavy atom. The number of aliphatic hydroxyl groups is 8. The topological polar surface area (TPSA) is 361 Å². The van der Waals surface area contributed by atoms with Gasteiger partial charge in [0.2, 0.25) is 0 Å². The summed E-state index contributed by atoms with van der Waals surface area (Å²) in [5.41, 5.74) is -1.40. The Morgan fingerprint density at radius 3 is 2.06 bits per heavy atom. The van der Waals surface area contributed by atoms with Crippen LogP contribution < -0.4 is 0 Å². The molecule has 8 fully saturated rings. The molecule has 0 aromatic rings. The standard InChI is InChI=1S/C54H82O25S/c1-24(2)11-10-16-53(8)44-29(72-25(3)56)19-52(7)27-12-13-33-50(4,5)34(15-17-51(33,6)26(27)14-18-54(44,52)49(64)78-53)75-48-43(37(60)32(23-71-48)79-80(65,66)67)77-45-38(61)35(58)31(22-70-45)74-46-39(62)41(28(57)21-69-46)76-47-40(63)42(68-9)36(59)30(20-55)73-47/h10-12,16,26,28-48,55,57-63H,13-15,17-23H2,1-9H3,(H,65,66,67)/b16-10-/t26-,28+,29-,30+,31+,32+,33-,34-,35-,36+,37-,38+,39+,40+,41-,42-,43+,44+,45-,46-,47-,48-,51+,52-,53+,54+/m0/s1. The SMILES string of the molecule is CO[C@@H]1[C@@H](O)[C@H](O[C@@H]2[C@@H](O)[C@H](O[C@@H]3CO[C@@H](O[C@H]4[C@H](O[C@H]5CC[C@]6(C)[C@H]7CC[C@]89C(=O)O[C@](C)(/C=C\C=C(C)C)[C@H]8[C@@H](OC(C)=O)C[C@@]9(C)C7=CC[C@H]6C5(C)C)OC[C@@H](OS(=O)(=O)O)[C@@H]4O)[C@H](O)[C@H]3O)OC[C@H]2O)O[C@H](CO)[C@H]1O. The van der Waals surface area contributed by atoms with Gasteiger partial charge in [-0.3, -0.25) is 14.1 Å². The first-order chi connectivity index (χ1) is 37.5. The number of hydrogen-bond acceptors (Lipinski definition) is 24. The van der Waals surface area contributed by atoms with Crippen molar-refractivity contribution < 1.29 is 120 Å². The minimum Gasteiger partial charge on any atom is -0.462 e. The van der Waals surface area contributed by atoms with Crippen LogP contribution in [0.1, 0.15) is 93.9 Å². The lowest BCUT2D eigenvalue weighted by molar-refractivity contribution is -0.373. The maximum atomic E-state index is 14.6. The van der Waals surface area contributed by atoms with Crippen molar-refractivity contribution in [2.45, 2.75) is 216 Å². The lowest BCUT2D eigenvalue weighted by atomic mass is 9.41. The number of cyclic esters (lactones) is 1. The fourth-order valence-corrected chi connectivity index (χ4v) is 16.1. The summed E-state index contributed by atoms with van der Waals surface area (Å²) >= 11 is 0. The highest BCUT2D eigenvalue weighted by Crippen LogP contribution is 2.76. The minimum absolute atomic E-state index is 0.0203. The number of fused-ring (bicyclic) bond motifs is 4. The highest BCUT2D eigenvalue weighted by molar-refractivity contribution is 7.80. The number of hydrogen-bond donors (Lipinski definition) is 9. The van der Waals surface area contributed by atoms with Gasteiger partial charge in [0.15, 0.2) is 25.2 Å². The lowest BCUT2D eigenvalue weighted by Gasteiger charge is -2.63. The molecule has 9 N–H and O–H groups in total. The molecule has 0 amide bonds. The summed E-state index contributed by atoms with van der Waals surface area (Å²) in [5, 5.41) is 87.8. The first kappa shape index (κ1) is 61.9. The van der Waals surface area contributed by atoms with E-state index >= 15 is 0 Å². The van der Waals surface area contributed by atoms with Crippen LogP contribution >= 0.6 is 0 Å². The van der Waals surface area contributed by atoms with Gasteiger partial charge >= 0.3 is 22.3 Å². The van der Waals surface area contributed by atoms with Crippen LogP contribution in [-0.2, 0) is 76.3 Å². The first-order valence-electron chi connectivity index (χ1n) is 27.6. The second-order valence-corrected chi connectivity index (χ2v) is 25.9. The molecule has 9 aliphatic rings. The van der Waals surface area contributed by atoms with Crippen molar-refractivity contribution in [3.05, 3.63) is 35.5 Å². The number of ether oxygens (including phenoxy) is 11. The number of esters is 2. The molecule has 0 unspecified atom stereocenters. The Hall–Kier alpha value is -2.65. The number of allylic oxidation sites excluding steroid dienone is 5. The molecule has 0 radical (unpaired) electrons. The van der Waals surface area contributed by atoms with E-state index in [9.17, 15) is 63.4 Å². The molecule has 5 heterocycles. The third-order valence-corrected chi connectivity index (χ3v) is 19.9. The van der Waals surface area contributed by atoms with Crippen molar-refractivity contribution >= 4 is 22.3 Å². The third kappa shape index (κ3) is 10.8. The van der Waals surface area contributed by atoms with Crippen molar-refractivity contribution in [3.8, 4) is 0 Å². The van der Waals surface area contributed by atoms with Crippen molar-refractivity contribution in [3.63, 3.8) is 0 Å². The van der Waals surface area contributed by atoms with Crippen molar-refractivity contribution in [2.24, 2.45) is 39.4 Å². The van der Waals surface area contributed by atoms with E-state index in [1.807, 2.05) is 39.0 Å². The molecule has 9 rings (SSSR count). The highest BCUT2D eigenvalue weighted by atomic mass is 32.3. The zero-order valence-electron chi connectivity index (χ0n) is 46.5. The molecule has 0 bridgehead atoms. The Balaban J connectivity index is 0.900. The largest absolute Gasteiger partial charge is 0.462 e. The maximum Gasteiger partial charge on any atom is 0.397 e. The van der Waals surface area contributed by atoms with E-state index in [4.69, 9.17) is 56.3 Å². The van der Waals surface area contributed by atoms with Crippen LogP contribution in [0.2, 0.25) is 0 Å². The zero-order chi connectivity index (χ0) is 58.4. The fourth-order valence-electron chi connectivity index (χ4n) is 15.6. The molecule has 80 heavy (non-hydrogen) atoms. The molecule has 3 saturated carbocycles. The average molecular weight is 1160 g/mol. The minimum atomic E-state index is -5.15. The first-order valence-corrected chi connectivity index (χ1v) is 28.9. The number of rotatable bonds is 15. The van der Waals surface area contributed by atoms with Crippen LogP contribution in [0.4, 0.5) is 0 Å². The van der Waals surface area contributed by atoms with Crippen LogP contribution in [0.25, 0.3) is 0 Å². The summed E-state index contributed by atoms with van der Waals surface area (Å²) in [6.45, 7) is 13.5. The fraction of sp³-hybridized carbons (Fsp3) is 0.852. The van der Waals surface area contributed by atoms with Crippen LogP contribution in [0.5, 0.6) is 0 Å². The predicted octanol–water partition coefficient (Wildman–Crippen LogP) is 0.00740. The second kappa shape index (κ2) is 23.0. The van der Waals surface area contributed by atoms with Gasteiger partial charge in [-0.2, -0.15) is 8.42 Å². The van der Waals surface area contributed by atoms with Gasteiger partial charge in [0, 0.05) is 19.4 Å². The summed E-state index contributed by atoms with van der Waals surface area (Å²) in [6, 6.07) is 0. The number of aliphatic hydroxyl groups excluding tert-OH is 8. The summed E-state index contributed by atoms with van der Waals surface area (Å²) in [6.07, 6.45) is -17.4. The van der Waals surface area contributed by atoms with Crippen LogP contribution in [0, 0.1) is 39.4 Å². The van der Waals surface area contributed by atoms with E-state index in [2.05, 4.69) is 33.8 Å². The Labute approximate surface area is 465 Å². The van der Waals surface area contributed by atoms with Crippen molar-refractivity contribution in [1.82, 2.24) is 0 Å².